The van der Waals surface area contributed by atoms with Crippen molar-refractivity contribution in [2.75, 3.05) is 33.8 Å². The number of hydrogen-bond acceptors (Lipinski definition) is 5. The van der Waals surface area contributed by atoms with E-state index in [1.807, 2.05) is 56.3 Å². The third-order valence-electron chi connectivity index (χ3n) is 5.46. The zero-order chi connectivity index (χ0) is 23.4. The van der Waals surface area contributed by atoms with Gasteiger partial charge in [-0.25, -0.2) is 0 Å². The van der Waals surface area contributed by atoms with Crippen LogP contribution in [0.4, 0.5) is 0 Å². The number of carbonyl (C=O) groups is 2. The lowest BCUT2D eigenvalue weighted by Crippen LogP contribution is -2.35. The second kappa shape index (κ2) is 10.0. The van der Waals surface area contributed by atoms with Crippen molar-refractivity contribution >= 4 is 17.4 Å². The maximum Gasteiger partial charge on any atom is 0.295 e. The second-order valence-corrected chi connectivity index (χ2v) is 8.89. The lowest BCUT2D eigenvalue weighted by molar-refractivity contribution is -0.140. The van der Waals surface area contributed by atoms with E-state index in [1.165, 1.54) is 0 Å². The summed E-state index contributed by atoms with van der Waals surface area (Å²) in [5, 5.41) is 11.2. The van der Waals surface area contributed by atoms with E-state index in [9.17, 15) is 14.7 Å². The molecule has 1 fully saturated rings. The van der Waals surface area contributed by atoms with Crippen LogP contribution in [0.5, 0.6) is 5.75 Å². The van der Waals surface area contributed by atoms with Crippen molar-refractivity contribution in [3.8, 4) is 5.75 Å². The van der Waals surface area contributed by atoms with Crippen molar-refractivity contribution in [1.29, 1.82) is 0 Å². The summed E-state index contributed by atoms with van der Waals surface area (Å²) < 4.78 is 5.83. The average molecular weight is 437 g/mol. The lowest BCUT2D eigenvalue weighted by Gasteiger charge is -2.26. The molecule has 32 heavy (non-hydrogen) atoms. The number of aryl methyl sites for hydroxylation is 1. The van der Waals surface area contributed by atoms with Gasteiger partial charge in [-0.1, -0.05) is 44.2 Å². The van der Waals surface area contributed by atoms with Crippen LogP contribution in [0.15, 0.2) is 54.1 Å². The molecule has 0 aliphatic carbocycles. The Morgan fingerprint density at radius 1 is 1.12 bits per heavy atom. The van der Waals surface area contributed by atoms with E-state index in [4.69, 9.17) is 4.74 Å². The Kier molecular flexibility index (Phi) is 7.36. The molecule has 1 N–H and O–H groups in total. The van der Waals surface area contributed by atoms with E-state index >= 15 is 0 Å². The number of ether oxygens (including phenoxy) is 1. The fourth-order valence-corrected chi connectivity index (χ4v) is 3.77. The van der Waals surface area contributed by atoms with Crippen LogP contribution in [-0.2, 0) is 9.59 Å². The van der Waals surface area contributed by atoms with E-state index in [0.717, 1.165) is 16.9 Å². The van der Waals surface area contributed by atoms with E-state index in [0.29, 0.717) is 31.2 Å². The van der Waals surface area contributed by atoms with Crippen molar-refractivity contribution in [3.63, 3.8) is 0 Å². The highest BCUT2D eigenvalue weighted by Crippen LogP contribution is 2.39. The summed E-state index contributed by atoms with van der Waals surface area (Å²) >= 11 is 0. The Hall–Kier alpha value is -3.12. The monoisotopic (exact) mass is 436 g/mol. The molecule has 2 aromatic rings. The number of ketones is 1. The topological polar surface area (TPSA) is 70.1 Å². The highest BCUT2D eigenvalue weighted by molar-refractivity contribution is 6.46. The van der Waals surface area contributed by atoms with Crippen LogP contribution in [0.3, 0.4) is 0 Å². The Labute approximate surface area is 190 Å². The second-order valence-electron chi connectivity index (χ2n) is 8.89. The highest BCUT2D eigenvalue weighted by atomic mass is 16.5. The molecule has 2 aromatic carbocycles. The molecule has 6 heteroatoms. The number of aliphatic hydroxyl groups is 1. The molecular formula is C26H32N2O4. The SMILES string of the molecule is Cc1cc(/C(O)=C2\C(=O)C(=O)N(CCN(C)C)C2c2ccccc2)ccc1OCC(C)C. The molecule has 1 aliphatic rings. The third-order valence-corrected chi connectivity index (χ3v) is 5.46. The number of aliphatic hydroxyl groups excluding tert-OH is 1. The molecular weight excluding hydrogens is 404 g/mol. The van der Waals surface area contributed by atoms with Gasteiger partial charge in [-0.05, 0) is 56.3 Å². The number of carbonyl (C=O) groups excluding carboxylic acids is 2. The van der Waals surface area contributed by atoms with Gasteiger partial charge in [-0.2, -0.15) is 0 Å². The van der Waals surface area contributed by atoms with Gasteiger partial charge in [-0.15, -0.1) is 0 Å². The maximum atomic E-state index is 13.0. The summed E-state index contributed by atoms with van der Waals surface area (Å²) in [7, 11) is 3.83. The van der Waals surface area contributed by atoms with Gasteiger partial charge in [-0.3, -0.25) is 9.59 Å². The van der Waals surface area contributed by atoms with Crippen molar-refractivity contribution < 1.29 is 19.4 Å². The molecule has 3 rings (SSSR count). The standard InChI is InChI=1S/C26H32N2O4/c1-17(2)16-32-21-12-11-20(15-18(21)3)24(29)22-23(19-9-7-6-8-10-19)28(14-13-27(4)5)26(31)25(22)30/h6-12,15,17,23,29H,13-14,16H2,1-5H3/b24-22+. The molecule has 0 radical (unpaired) electrons. The van der Waals surface area contributed by atoms with Crippen LogP contribution < -0.4 is 4.74 Å². The van der Waals surface area contributed by atoms with E-state index in [2.05, 4.69) is 13.8 Å². The fourth-order valence-electron chi connectivity index (χ4n) is 3.77. The van der Waals surface area contributed by atoms with Gasteiger partial charge in [0, 0.05) is 18.7 Å². The molecule has 170 valence electrons. The van der Waals surface area contributed by atoms with E-state index < -0.39 is 17.7 Å². The number of amides is 1. The molecule has 0 aromatic heterocycles. The molecule has 1 unspecified atom stereocenters. The summed E-state index contributed by atoms with van der Waals surface area (Å²) in [4.78, 5) is 29.5. The Morgan fingerprint density at radius 3 is 2.41 bits per heavy atom. The normalized spacial score (nSPS) is 18.1. The largest absolute Gasteiger partial charge is 0.507 e. The first-order chi connectivity index (χ1) is 15.2. The fraction of sp³-hybridized carbons (Fsp3) is 0.385. The number of Topliss-reactive ketones (excluding diaryl/α,β-unsaturated/α-hetero) is 1. The molecule has 0 bridgehead atoms. The van der Waals surface area contributed by atoms with Gasteiger partial charge in [0.05, 0.1) is 18.2 Å². The number of nitrogens with zero attached hydrogens (tertiary/aromatic N) is 2. The van der Waals surface area contributed by atoms with Crippen LogP contribution in [0.25, 0.3) is 5.76 Å². The van der Waals surface area contributed by atoms with Gasteiger partial charge in [0.2, 0.25) is 0 Å². The van der Waals surface area contributed by atoms with Gasteiger partial charge < -0.3 is 19.6 Å². The predicted octanol–water partition coefficient (Wildman–Crippen LogP) is 4.01. The van der Waals surface area contributed by atoms with Crippen LogP contribution in [0, 0.1) is 12.8 Å². The molecule has 1 saturated heterocycles. The summed E-state index contributed by atoms with van der Waals surface area (Å²) in [6.07, 6.45) is 0. The van der Waals surface area contributed by atoms with Crippen LogP contribution >= 0.6 is 0 Å². The predicted molar refractivity (Wildman–Crippen MR) is 126 cm³/mol. The number of rotatable bonds is 8. The molecule has 0 spiro atoms. The van der Waals surface area contributed by atoms with Crippen LogP contribution in [0.2, 0.25) is 0 Å². The Morgan fingerprint density at radius 2 is 1.81 bits per heavy atom. The molecule has 6 nitrogen and oxygen atoms in total. The molecule has 1 aliphatic heterocycles. The molecule has 1 heterocycles. The summed E-state index contributed by atoms with van der Waals surface area (Å²) in [6, 6.07) is 14.1. The minimum absolute atomic E-state index is 0.121. The summed E-state index contributed by atoms with van der Waals surface area (Å²) in [5.41, 5.74) is 2.26. The maximum absolute atomic E-state index is 13.0. The molecule has 0 saturated carbocycles. The number of benzene rings is 2. The van der Waals surface area contributed by atoms with E-state index in [1.54, 1.807) is 23.1 Å². The molecule has 1 amide bonds. The lowest BCUT2D eigenvalue weighted by atomic mass is 9.95. The highest BCUT2D eigenvalue weighted by Gasteiger charge is 2.45. The first kappa shape index (κ1) is 23.5. The van der Waals surface area contributed by atoms with Gasteiger partial charge in [0.1, 0.15) is 11.5 Å². The smallest absolute Gasteiger partial charge is 0.295 e. The average Bonchev–Trinajstić information content (AvgIpc) is 3.01. The van der Waals surface area contributed by atoms with Crippen molar-refractivity contribution in [2.45, 2.75) is 26.8 Å². The van der Waals surface area contributed by atoms with Gasteiger partial charge in [0.25, 0.3) is 11.7 Å². The number of likely N-dealkylation sites (tertiary alicyclic amines) is 1. The minimum atomic E-state index is -0.659. The minimum Gasteiger partial charge on any atom is -0.507 e. The number of hydrogen-bond donors (Lipinski definition) is 1. The van der Waals surface area contributed by atoms with Crippen molar-refractivity contribution in [2.24, 2.45) is 5.92 Å². The summed E-state index contributed by atoms with van der Waals surface area (Å²) in [6.45, 7) is 7.64. The zero-order valence-electron chi connectivity index (χ0n) is 19.5. The van der Waals surface area contributed by atoms with Crippen molar-refractivity contribution in [1.82, 2.24) is 9.80 Å². The Bertz CT molecular complexity index is 1010. The first-order valence-electron chi connectivity index (χ1n) is 10.9. The zero-order valence-corrected chi connectivity index (χ0v) is 19.5. The Balaban J connectivity index is 2.05. The van der Waals surface area contributed by atoms with Crippen LogP contribution in [0.1, 0.15) is 36.6 Å². The molecule has 1 atom stereocenters. The van der Waals surface area contributed by atoms with E-state index in [-0.39, 0.29) is 11.3 Å². The van der Waals surface area contributed by atoms with Gasteiger partial charge >= 0.3 is 0 Å². The van der Waals surface area contributed by atoms with Gasteiger partial charge in [0.15, 0.2) is 0 Å². The third kappa shape index (κ3) is 5.02. The first-order valence-corrected chi connectivity index (χ1v) is 10.9. The van der Waals surface area contributed by atoms with Crippen LogP contribution in [-0.4, -0.2) is 60.4 Å². The van der Waals surface area contributed by atoms with Crippen molar-refractivity contribution in [3.05, 3.63) is 70.8 Å². The number of likely N-dealkylation sites (N-methyl/N-ethyl adjacent to an activating group) is 1. The quantitative estimate of drug-likeness (QED) is 0.385. The summed E-state index contributed by atoms with van der Waals surface area (Å²) in [5.74, 6) is -0.278.